The number of nitrogens with zero attached hydrogens (tertiary/aromatic N) is 4. The molecule has 3 aliphatic rings. The highest BCUT2D eigenvalue weighted by Crippen LogP contribution is 2.43. The number of rotatable bonds is 4. The standard InChI is InChI=1S/C22H25N5O3/c28-21(16-12-26(13-16)20-2-1-9-23-25-20)24-17-5-3-14(4-6-17)15-10-18-7-8-19(11-15)27(18)22(29)30/h1-6,9,15-16,18-19H,7-8,10-13H2,(H,24,28)(H,29,30). The SMILES string of the molecule is O=C(Nc1ccc(C2CC3CCC(C2)N3C(=O)O)cc1)C1CN(c2cccnn2)C1. The average molecular weight is 407 g/mol. The zero-order valence-electron chi connectivity index (χ0n) is 16.6. The normalized spacial score (nSPS) is 25.7. The summed E-state index contributed by atoms with van der Waals surface area (Å²) in [6.45, 7) is 1.29. The van der Waals surface area contributed by atoms with Crippen molar-refractivity contribution in [3.63, 3.8) is 0 Å². The predicted molar refractivity (Wildman–Crippen MR) is 111 cm³/mol. The van der Waals surface area contributed by atoms with Crippen molar-refractivity contribution in [1.82, 2.24) is 15.1 Å². The second-order valence-corrected chi connectivity index (χ2v) is 8.54. The molecule has 3 fully saturated rings. The third kappa shape index (κ3) is 3.46. The highest BCUT2D eigenvalue weighted by Gasteiger charge is 2.43. The van der Waals surface area contributed by atoms with Crippen LogP contribution in [0.15, 0.2) is 42.6 Å². The van der Waals surface area contributed by atoms with Crippen LogP contribution in [0.3, 0.4) is 0 Å². The number of hydrogen-bond donors (Lipinski definition) is 2. The van der Waals surface area contributed by atoms with Crippen molar-refractivity contribution in [2.75, 3.05) is 23.3 Å². The summed E-state index contributed by atoms with van der Waals surface area (Å²) in [5, 5.41) is 20.4. The molecular weight excluding hydrogens is 382 g/mol. The van der Waals surface area contributed by atoms with Gasteiger partial charge in [-0.25, -0.2) is 4.79 Å². The smallest absolute Gasteiger partial charge is 0.407 e. The van der Waals surface area contributed by atoms with E-state index in [0.717, 1.165) is 37.2 Å². The van der Waals surface area contributed by atoms with Crippen molar-refractivity contribution in [2.24, 2.45) is 5.92 Å². The summed E-state index contributed by atoms with van der Waals surface area (Å²) in [5.74, 6) is 1.15. The molecule has 30 heavy (non-hydrogen) atoms. The number of carboxylic acid groups (broad SMARTS) is 1. The van der Waals surface area contributed by atoms with Crippen molar-refractivity contribution in [3.05, 3.63) is 48.2 Å². The second-order valence-electron chi connectivity index (χ2n) is 8.54. The van der Waals surface area contributed by atoms with E-state index in [0.29, 0.717) is 19.0 Å². The summed E-state index contributed by atoms with van der Waals surface area (Å²) in [5.41, 5.74) is 2.03. The molecule has 3 aliphatic heterocycles. The molecule has 2 atom stereocenters. The van der Waals surface area contributed by atoms with Crippen molar-refractivity contribution in [3.8, 4) is 0 Å². The quantitative estimate of drug-likeness (QED) is 0.809. The van der Waals surface area contributed by atoms with Gasteiger partial charge in [0.1, 0.15) is 0 Å². The van der Waals surface area contributed by atoms with Crippen LogP contribution in [0, 0.1) is 5.92 Å². The lowest BCUT2D eigenvalue weighted by Crippen LogP contribution is -2.52. The molecule has 2 unspecified atom stereocenters. The van der Waals surface area contributed by atoms with Crippen LogP contribution < -0.4 is 10.2 Å². The average Bonchev–Trinajstić information content (AvgIpc) is 2.99. The second kappa shape index (κ2) is 7.59. The Hall–Kier alpha value is -3.16. The Labute approximate surface area is 174 Å². The number of amides is 2. The molecule has 0 saturated carbocycles. The van der Waals surface area contributed by atoms with Gasteiger partial charge in [0.15, 0.2) is 5.82 Å². The monoisotopic (exact) mass is 407 g/mol. The molecule has 0 aliphatic carbocycles. The van der Waals surface area contributed by atoms with Gasteiger partial charge in [-0.15, -0.1) is 5.10 Å². The van der Waals surface area contributed by atoms with Crippen LogP contribution in [0.5, 0.6) is 0 Å². The summed E-state index contributed by atoms with van der Waals surface area (Å²) < 4.78 is 0. The van der Waals surface area contributed by atoms with Gasteiger partial charge in [-0.05, 0) is 61.4 Å². The van der Waals surface area contributed by atoms with E-state index in [4.69, 9.17) is 0 Å². The zero-order valence-corrected chi connectivity index (χ0v) is 16.6. The number of piperidine rings is 1. The molecule has 5 rings (SSSR count). The van der Waals surface area contributed by atoms with Gasteiger partial charge in [0.2, 0.25) is 5.91 Å². The fourth-order valence-electron chi connectivity index (χ4n) is 5.14. The number of aromatic nitrogens is 2. The van der Waals surface area contributed by atoms with E-state index in [1.165, 1.54) is 5.56 Å². The minimum absolute atomic E-state index is 0.0238. The summed E-state index contributed by atoms with van der Waals surface area (Å²) in [6, 6.07) is 12.1. The molecule has 2 N–H and O–H groups in total. The van der Waals surface area contributed by atoms with Gasteiger partial charge in [-0.1, -0.05) is 12.1 Å². The highest BCUT2D eigenvalue weighted by atomic mass is 16.4. The minimum atomic E-state index is -0.784. The number of nitrogens with one attached hydrogen (secondary N) is 1. The van der Waals surface area contributed by atoms with E-state index in [-0.39, 0.29) is 23.9 Å². The van der Waals surface area contributed by atoms with E-state index in [9.17, 15) is 14.7 Å². The first-order valence-electron chi connectivity index (χ1n) is 10.5. The lowest BCUT2D eigenvalue weighted by molar-refractivity contribution is -0.120. The van der Waals surface area contributed by atoms with Crippen molar-refractivity contribution in [1.29, 1.82) is 0 Å². The van der Waals surface area contributed by atoms with E-state index >= 15 is 0 Å². The number of hydrogen-bond acceptors (Lipinski definition) is 5. The van der Waals surface area contributed by atoms with Crippen LogP contribution in [0.1, 0.15) is 37.2 Å². The lowest BCUT2D eigenvalue weighted by Gasteiger charge is -2.38. The van der Waals surface area contributed by atoms with Crippen molar-refractivity contribution >= 4 is 23.5 Å². The third-order valence-electron chi connectivity index (χ3n) is 6.74. The fraction of sp³-hybridized carbons (Fsp3) is 0.455. The van der Waals surface area contributed by atoms with E-state index in [1.807, 2.05) is 29.2 Å². The Morgan fingerprint density at radius 3 is 2.33 bits per heavy atom. The fourth-order valence-corrected chi connectivity index (χ4v) is 5.14. The van der Waals surface area contributed by atoms with Crippen LogP contribution in [0.25, 0.3) is 0 Å². The number of carbonyl (C=O) groups is 2. The summed E-state index contributed by atoms with van der Waals surface area (Å²) in [6.07, 6.45) is 4.55. The van der Waals surface area contributed by atoms with Crippen molar-refractivity contribution in [2.45, 2.75) is 43.7 Å². The van der Waals surface area contributed by atoms with Gasteiger partial charge < -0.3 is 20.2 Å². The van der Waals surface area contributed by atoms with E-state index in [2.05, 4.69) is 27.6 Å². The van der Waals surface area contributed by atoms with Gasteiger partial charge in [0, 0.05) is 37.1 Å². The zero-order chi connectivity index (χ0) is 20.7. The van der Waals surface area contributed by atoms with Gasteiger partial charge >= 0.3 is 6.09 Å². The van der Waals surface area contributed by atoms with Crippen LogP contribution in [0.2, 0.25) is 0 Å². The number of carbonyl (C=O) groups excluding carboxylic acids is 1. The number of benzene rings is 1. The van der Waals surface area contributed by atoms with Crippen LogP contribution >= 0.6 is 0 Å². The first-order valence-corrected chi connectivity index (χ1v) is 10.5. The first-order chi connectivity index (χ1) is 14.6. The molecule has 8 nitrogen and oxygen atoms in total. The van der Waals surface area contributed by atoms with Gasteiger partial charge in [-0.3, -0.25) is 4.79 Å². The van der Waals surface area contributed by atoms with Crippen molar-refractivity contribution < 1.29 is 14.7 Å². The number of fused-ring (bicyclic) bond motifs is 2. The van der Waals surface area contributed by atoms with Gasteiger partial charge in [0.05, 0.1) is 5.92 Å². The maximum absolute atomic E-state index is 12.5. The summed E-state index contributed by atoms with van der Waals surface area (Å²) in [4.78, 5) is 27.7. The predicted octanol–water partition coefficient (Wildman–Crippen LogP) is 2.94. The molecule has 3 saturated heterocycles. The van der Waals surface area contributed by atoms with E-state index < -0.39 is 6.09 Å². The molecule has 8 heteroatoms. The topological polar surface area (TPSA) is 98.7 Å². The van der Waals surface area contributed by atoms with Crippen LogP contribution in [-0.2, 0) is 4.79 Å². The Bertz CT molecular complexity index is 916. The molecular formula is C22H25N5O3. The third-order valence-corrected chi connectivity index (χ3v) is 6.74. The maximum atomic E-state index is 12.5. The molecule has 0 spiro atoms. The minimum Gasteiger partial charge on any atom is -0.465 e. The molecule has 0 radical (unpaired) electrons. The van der Waals surface area contributed by atoms with Gasteiger partial charge in [0.25, 0.3) is 0 Å². The molecule has 2 amide bonds. The van der Waals surface area contributed by atoms with E-state index in [1.54, 1.807) is 11.1 Å². The summed E-state index contributed by atoms with van der Waals surface area (Å²) >= 11 is 0. The number of anilines is 2. The Kier molecular flexibility index (Phi) is 4.77. The van der Waals surface area contributed by atoms with Crippen LogP contribution in [0.4, 0.5) is 16.3 Å². The Balaban J connectivity index is 1.16. The lowest BCUT2D eigenvalue weighted by atomic mass is 9.85. The summed E-state index contributed by atoms with van der Waals surface area (Å²) in [7, 11) is 0. The maximum Gasteiger partial charge on any atom is 0.407 e. The molecule has 2 bridgehead atoms. The molecule has 1 aromatic carbocycles. The highest BCUT2D eigenvalue weighted by molar-refractivity contribution is 5.94. The Morgan fingerprint density at radius 1 is 1.03 bits per heavy atom. The van der Waals surface area contributed by atoms with Crippen LogP contribution in [-0.4, -0.2) is 57.4 Å². The Morgan fingerprint density at radius 2 is 1.73 bits per heavy atom. The molecule has 2 aromatic rings. The molecule has 1 aromatic heterocycles. The molecule has 4 heterocycles. The molecule has 156 valence electrons. The first kappa shape index (κ1) is 18.8. The largest absolute Gasteiger partial charge is 0.465 e. The van der Waals surface area contributed by atoms with Gasteiger partial charge in [-0.2, -0.15) is 5.10 Å².